The molecule has 0 saturated heterocycles. The second-order valence-corrected chi connectivity index (χ2v) is 10.0. The zero-order valence-corrected chi connectivity index (χ0v) is 19.2. The highest BCUT2D eigenvalue weighted by atomic mass is 35.5. The van der Waals surface area contributed by atoms with Crippen LogP contribution in [0.5, 0.6) is 0 Å². The van der Waals surface area contributed by atoms with Crippen molar-refractivity contribution in [2.75, 3.05) is 6.54 Å². The Morgan fingerprint density at radius 3 is 2.66 bits per heavy atom. The second kappa shape index (κ2) is 8.31. The number of hydrogen-bond donors (Lipinski definition) is 0. The van der Waals surface area contributed by atoms with E-state index in [2.05, 4.69) is 5.10 Å². The molecule has 1 aromatic heterocycles. The Hall–Kier alpha value is -2.75. The molecule has 168 valence electrons. The topological polar surface area (TPSA) is 85.4 Å². The highest BCUT2D eigenvalue weighted by molar-refractivity contribution is 7.89. The van der Waals surface area contributed by atoms with Crippen molar-refractivity contribution in [3.63, 3.8) is 0 Å². The van der Waals surface area contributed by atoms with Gasteiger partial charge in [0.15, 0.2) is 0 Å². The fourth-order valence-electron chi connectivity index (χ4n) is 4.14. The average molecular weight is 478 g/mol. The van der Waals surface area contributed by atoms with E-state index in [4.69, 9.17) is 16.0 Å². The molecule has 0 radical (unpaired) electrons. The van der Waals surface area contributed by atoms with E-state index in [-0.39, 0.29) is 11.4 Å². The summed E-state index contributed by atoms with van der Waals surface area (Å²) < 4.78 is 49.4. The summed E-state index contributed by atoms with van der Waals surface area (Å²) in [7, 11) is -4.12. The van der Waals surface area contributed by atoms with Crippen molar-refractivity contribution in [2.24, 2.45) is 0 Å². The van der Waals surface area contributed by atoms with Crippen molar-refractivity contribution in [2.45, 2.75) is 37.8 Å². The molecule has 2 heterocycles. The van der Waals surface area contributed by atoms with Gasteiger partial charge < -0.3 is 4.42 Å². The molecule has 0 fully saturated rings. The summed E-state index contributed by atoms with van der Waals surface area (Å²) in [5, 5.41) is 4.35. The summed E-state index contributed by atoms with van der Waals surface area (Å²) in [6.45, 7) is 5.22. The Bertz CT molecular complexity index is 1380. The minimum absolute atomic E-state index is 0.0332. The third kappa shape index (κ3) is 3.70. The number of sulfonamides is 1. The van der Waals surface area contributed by atoms with E-state index in [0.717, 1.165) is 20.9 Å². The van der Waals surface area contributed by atoms with Crippen LogP contribution in [0.3, 0.4) is 0 Å². The maximum absolute atomic E-state index is 15.0. The lowest BCUT2D eigenvalue weighted by atomic mass is 9.90. The molecule has 2 atom stereocenters. The molecule has 0 spiro atoms. The molecule has 0 bridgehead atoms. The number of halogens is 2. The minimum atomic E-state index is -4.12. The van der Waals surface area contributed by atoms with Gasteiger partial charge in [-0.1, -0.05) is 36.7 Å². The molecule has 0 N–H and O–H groups in total. The first kappa shape index (κ1) is 22.4. The number of benzene rings is 2. The number of aromatic nitrogens is 2. The smallest absolute Gasteiger partial charge is 0.395 e. The standard InChI is InChI=1S/C22H21ClFN3O4S/c1-13-6-8-18(24)20(14(13)2)15(3)21(27-22(28)31-12-25-27)26-10-4-5-16-11-17(23)7-9-19(16)32(26,29)30/h4-9,11-12,15,21H,10H2,1-3H3/t15?,21-/m1/s1. The number of aryl methyl sites for hydroxylation is 1. The molecule has 7 nitrogen and oxygen atoms in total. The summed E-state index contributed by atoms with van der Waals surface area (Å²) in [5.74, 6) is -2.10. The molecule has 3 aromatic rings. The van der Waals surface area contributed by atoms with Crippen LogP contribution in [-0.4, -0.2) is 29.0 Å². The van der Waals surface area contributed by atoms with Gasteiger partial charge in [0.1, 0.15) is 12.0 Å². The summed E-state index contributed by atoms with van der Waals surface area (Å²) in [5.41, 5.74) is 2.26. The lowest BCUT2D eigenvalue weighted by Crippen LogP contribution is -2.44. The quantitative estimate of drug-likeness (QED) is 0.560. The zero-order valence-electron chi connectivity index (χ0n) is 17.6. The molecule has 0 amide bonds. The van der Waals surface area contributed by atoms with Gasteiger partial charge in [0, 0.05) is 17.5 Å². The minimum Gasteiger partial charge on any atom is -0.395 e. The van der Waals surface area contributed by atoms with Gasteiger partial charge in [-0.25, -0.2) is 17.6 Å². The van der Waals surface area contributed by atoms with Crippen LogP contribution in [0.1, 0.15) is 41.3 Å². The van der Waals surface area contributed by atoms with Crippen molar-refractivity contribution in [1.29, 1.82) is 0 Å². The number of rotatable bonds is 4. The van der Waals surface area contributed by atoms with Crippen LogP contribution in [0.2, 0.25) is 5.02 Å². The Morgan fingerprint density at radius 1 is 1.22 bits per heavy atom. The van der Waals surface area contributed by atoms with Gasteiger partial charge in [0.05, 0.1) is 4.90 Å². The Kier molecular flexibility index (Phi) is 5.83. The summed E-state index contributed by atoms with van der Waals surface area (Å²) in [6.07, 6.45) is 3.08. The molecular formula is C22H21ClFN3O4S. The molecule has 32 heavy (non-hydrogen) atoms. The number of fused-ring (bicyclic) bond motifs is 1. The molecular weight excluding hydrogens is 457 g/mol. The maximum atomic E-state index is 15.0. The fourth-order valence-corrected chi connectivity index (χ4v) is 6.07. The van der Waals surface area contributed by atoms with Crippen molar-refractivity contribution < 1.29 is 17.2 Å². The van der Waals surface area contributed by atoms with Gasteiger partial charge in [0.25, 0.3) is 0 Å². The third-order valence-corrected chi connectivity index (χ3v) is 7.98. The van der Waals surface area contributed by atoms with Crippen LogP contribution in [0.15, 0.2) is 56.9 Å². The van der Waals surface area contributed by atoms with Gasteiger partial charge in [-0.15, -0.1) is 5.10 Å². The van der Waals surface area contributed by atoms with E-state index >= 15 is 0 Å². The normalized spacial score (nSPS) is 17.5. The maximum Gasteiger partial charge on any atom is 0.438 e. The highest BCUT2D eigenvalue weighted by Crippen LogP contribution is 2.39. The van der Waals surface area contributed by atoms with Gasteiger partial charge in [0.2, 0.25) is 16.4 Å². The lowest BCUT2D eigenvalue weighted by molar-refractivity contribution is 0.198. The molecule has 1 aliphatic heterocycles. The average Bonchev–Trinajstić information content (AvgIpc) is 3.10. The predicted molar refractivity (Wildman–Crippen MR) is 118 cm³/mol. The molecule has 1 unspecified atom stereocenters. The van der Waals surface area contributed by atoms with Crippen LogP contribution in [0.4, 0.5) is 4.39 Å². The molecule has 1 aliphatic rings. The SMILES string of the molecule is Cc1ccc(F)c(C(C)[C@H](N2CC=Cc3cc(Cl)ccc3S2(=O)=O)n2ncoc2=O)c1C. The van der Waals surface area contributed by atoms with E-state index in [1.165, 1.54) is 18.2 Å². The first-order chi connectivity index (χ1) is 15.1. The first-order valence-electron chi connectivity index (χ1n) is 9.88. The molecule has 0 aliphatic carbocycles. The van der Waals surface area contributed by atoms with E-state index in [9.17, 15) is 17.6 Å². The van der Waals surface area contributed by atoms with Gasteiger partial charge in [-0.3, -0.25) is 0 Å². The lowest BCUT2D eigenvalue weighted by Gasteiger charge is -2.34. The van der Waals surface area contributed by atoms with Crippen molar-refractivity contribution in [3.05, 3.63) is 86.4 Å². The number of hydrogen-bond acceptors (Lipinski definition) is 5. The Morgan fingerprint density at radius 2 is 1.97 bits per heavy atom. The van der Waals surface area contributed by atoms with E-state index in [1.807, 2.05) is 6.92 Å². The molecule has 4 rings (SSSR count). The van der Waals surface area contributed by atoms with E-state index in [0.29, 0.717) is 21.7 Å². The van der Waals surface area contributed by atoms with E-state index < -0.39 is 33.7 Å². The first-order valence-corrected chi connectivity index (χ1v) is 11.7. The molecule has 0 saturated carbocycles. The summed E-state index contributed by atoms with van der Waals surface area (Å²) in [6, 6.07) is 7.45. The van der Waals surface area contributed by atoms with Crippen LogP contribution >= 0.6 is 11.6 Å². The molecule has 10 heteroatoms. The number of nitrogens with zero attached hydrogens (tertiary/aromatic N) is 3. The largest absolute Gasteiger partial charge is 0.438 e. The van der Waals surface area contributed by atoms with Crippen molar-refractivity contribution >= 4 is 27.7 Å². The summed E-state index contributed by atoms with van der Waals surface area (Å²) in [4.78, 5) is 12.5. The third-order valence-electron chi connectivity index (χ3n) is 5.83. The van der Waals surface area contributed by atoms with Gasteiger partial charge >= 0.3 is 5.76 Å². The Balaban J connectivity index is 1.94. The van der Waals surface area contributed by atoms with Crippen LogP contribution in [0.25, 0.3) is 6.08 Å². The zero-order chi connectivity index (χ0) is 23.2. The predicted octanol–water partition coefficient (Wildman–Crippen LogP) is 4.27. The van der Waals surface area contributed by atoms with Gasteiger partial charge in [-0.05, 0) is 60.4 Å². The highest BCUT2D eigenvalue weighted by Gasteiger charge is 2.40. The van der Waals surface area contributed by atoms with Gasteiger partial charge in [-0.2, -0.15) is 8.99 Å². The molecule has 2 aromatic carbocycles. The van der Waals surface area contributed by atoms with E-state index in [1.54, 1.807) is 38.1 Å². The van der Waals surface area contributed by atoms with Crippen molar-refractivity contribution in [1.82, 2.24) is 14.1 Å². The Labute approximate surface area is 189 Å². The van der Waals surface area contributed by atoms with Crippen molar-refractivity contribution in [3.8, 4) is 0 Å². The van der Waals surface area contributed by atoms with Crippen LogP contribution < -0.4 is 5.76 Å². The second-order valence-electron chi connectivity index (χ2n) is 7.71. The van der Waals surface area contributed by atoms with Crippen LogP contribution in [-0.2, 0) is 10.0 Å². The van der Waals surface area contributed by atoms with Crippen LogP contribution in [0, 0.1) is 19.7 Å². The monoisotopic (exact) mass is 477 g/mol. The fraction of sp³-hybridized carbons (Fsp3) is 0.273. The summed E-state index contributed by atoms with van der Waals surface area (Å²) >= 11 is 6.05.